The SMILES string of the molecule is COc1ccc(C(OC[C@H]2O[C@@H](n3cnc4c(=O)[nH]c(/N=C/N(C)C)nc43)[C@@H](F)[C@H]2OP(OCCC#N)N(C(C)C)C(C)C)(c2ccccc2)c2ccc(OC)cc2)cc1. The van der Waals surface area contributed by atoms with Crippen molar-refractivity contribution in [3.05, 3.63) is 112 Å². The number of alkyl halides is 1. The van der Waals surface area contributed by atoms with Gasteiger partial charge in [0.1, 0.15) is 29.3 Å². The first-order valence-corrected chi connectivity index (χ1v) is 20.7. The van der Waals surface area contributed by atoms with Crippen molar-refractivity contribution >= 4 is 32.0 Å². The molecule has 5 atom stereocenters. The molecular formula is C43H52FN8O7P. The van der Waals surface area contributed by atoms with Gasteiger partial charge in [0.15, 0.2) is 23.6 Å². The second-order valence-corrected chi connectivity index (χ2v) is 16.3. The molecule has 1 aliphatic rings. The van der Waals surface area contributed by atoms with Gasteiger partial charge in [0.25, 0.3) is 14.1 Å². The van der Waals surface area contributed by atoms with Crippen LogP contribution in [0.1, 0.15) is 57.0 Å². The fourth-order valence-corrected chi connectivity index (χ4v) is 8.96. The zero-order valence-electron chi connectivity index (χ0n) is 35.1. The molecule has 5 aromatic rings. The number of H-pyrrole nitrogens is 1. The lowest BCUT2D eigenvalue weighted by atomic mass is 9.80. The summed E-state index contributed by atoms with van der Waals surface area (Å²) >= 11 is 0. The van der Waals surface area contributed by atoms with E-state index >= 15 is 4.39 Å². The monoisotopic (exact) mass is 842 g/mol. The highest BCUT2D eigenvalue weighted by atomic mass is 31.2. The lowest BCUT2D eigenvalue weighted by Crippen LogP contribution is -2.41. The number of aromatic amines is 1. The van der Waals surface area contributed by atoms with E-state index < -0.39 is 44.3 Å². The number of aromatic nitrogens is 4. The summed E-state index contributed by atoms with van der Waals surface area (Å²) in [6, 6.07) is 26.9. The Labute approximate surface area is 350 Å². The zero-order valence-corrected chi connectivity index (χ0v) is 36.0. The molecule has 15 nitrogen and oxygen atoms in total. The predicted octanol–water partition coefficient (Wildman–Crippen LogP) is 7.26. The normalized spacial score (nSPS) is 18.8. The van der Waals surface area contributed by atoms with Gasteiger partial charge in [-0.3, -0.25) is 14.3 Å². The van der Waals surface area contributed by atoms with Gasteiger partial charge in [-0.25, -0.2) is 19.0 Å². The average molecular weight is 843 g/mol. The Morgan fingerprint density at radius 1 is 0.983 bits per heavy atom. The summed E-state index contributed by atoms with van der Waals surface area (Å²) in [5, 5.41) is 9.38. The Morgan fingerprint density at radius 2 is 1.58 bits per heavy atom. The van der Waals surface area contributed by atoms with Crippen molar-refractivity contribution in [1.82, 2.24) is 29.1 Å². The van der Waals surface area contributed by atoms with Gasteiger partial charge >= 0.3 is 0 Å². The van der Waals surface area contributed by atoms with Gasteiger partial charge < -0.3 is 32.9 Å². The molecule has 318 valence electrons. The van der Waals surface area contributed by atoms with Gasteiger partial charge in [0.05, 0.1) is 52.6 Å². The van der Waals surface area contributed by atoms with E-state index in [0.717, 1.165) is 16.7 Å². The topological polar surface area (TPSA) is 162 Å². The van der Waals surface area contributed by atoms with Gasteiger partial charge in [-0.2, -0.15) is 10.2 Å². The maximum atomic E-state index is 17.6. The van der Waals surface area contributed by atoms with Crippen LogP contribution >= 0.6 is 8.53 Å². The van der Waals surface area contributed by atoms with Crippen molar-refractivity contribution in [1.29, 1.82) is 5.26 Å². The quantitative estimate of drug-likeness (QED) is 0.0292. The van der Waals surface area contributed by atoms with E-state index in [9.17, 15) is 10.1 Å². The number of aliphatic imine (C=N–C) groups is 1. The molecule has 1 aliphatic heterocycles. The number of ether oxygens (including phenoxy) is 4. The fraction of sp³-hybridized carbons (Fsp3) is 0.419. The van der Waals surface area contributed by atoms with Crippen molar-refractivity contribution in [3.8, 4) is 17.6 Å². The third-order valence-corrected chi connectivity index (χ3v) is 12.0. The van der Waals surface area contributed by atoms with Gasteiger partial charge in [0, 0.05) is 26.2 Å². The van der Waals surface area contributed by atoms with Crippen LogP contribution in [0.15, 0.2) is 95.0 Å². The maximum absolute atomic E-state index is 17.6. The Kier molecular flexibility index (Phi) is 14.7. The van der Waals surface area contributed by atoms with E-state index in [1.807, 2.05) is 111 Å². The molecule has 0 spiro atoms. The molecule has 0 saturated carbocycles. The molecule has 6 rings (SSSR count). The van der Waals surface area contributed by atoms with Crippen molar-refractivity contribution in [2.24, 2.45) is 4.99 Å². The first-order chi connectivity index (χ1) is 28.9. The molecule has 60 heavy (non-hydrogen) atoms. The minimum Gasteiger partial charge on any atom is -0.497 e. The number of hydrogen-bond acceptors (Lipinski definition) is 12. The average Bonchev–Trinajstić information content (AvgIpc) is 3.81. The lowest BCUT2D eigenvalue weighted by molar-refractivity contribution is -0.0919. The van der Waals surface area contributed by atoms with Gasteiger partial charge in [0.2, 0.25) is 5.95 Å². The van der Waals surface area contributed by atoms with Crippen molar-refractivity contribution in [2.75, 3.05) is 41.5 Å². The van der Waals surface area contributed by atoms with Crippen molar-refractivity contribution in [3.63, 3.8) is 0 Å². The number of nitrogens with zero attached hydrogens (tertiary/aromatic N) is 7. The van der Waals surface area contributed by atoms with Crippen LogP contribution < -0.4 is 15.0 Å². The predicted molar refractivity (Wildman–Crippen MR) is 227 cm³/mol. The van der Waals surface area contributed by atoms with E-state index in [0.29, 0.717) is 11.5 Å². The highest BCUT2D eigenvalue weighted by molar-refractivity contribution is 7.44. The molecule has 3 aromatic carbocycles. The second-order valence-electron chi connectivity index (χ2n) is 14.9. The van der Waals surface area contributed by atoms with Crippen molar-refractivity contribution < 1.29 is 32.4 Å². The molecule has 1 N–H and O–H groups in total. The van der Waals surface area contributed by atoms with Crippen LogP contribution in [0.2, 0.25) is 0 Å². The third kappa shape index (κ3) is 9.52. The van der Waals surface area contributed by atoms with E-state index in [1.54, 1.807) is 33.2 Å². The molecule has 1 unspecified atom stereocenters. The third-order valence-electron chi connectivity index (χ3n) is 9.88. The minimum absolute atomic E-state index is 0.00888. The number of fused-ring (bicyclic) bond motifs is 1. The zero-order chi connectivity index (χ0) is 43.0. The number of imidazole rings is 1. The Hall–Kier alpha value is -5.27. The largest absolute Gasteiger partial charge is 0.497 e. The summed E-state index contributed by atoms with van der Waals surface area (Å²) in [5.41, 5.74) is 0.595. The number of rotatable bonds is 19. The Balaban J connectivity index is 1.48. The number of halogens is 1. The Bertz CT molecular complexity index is 2230. The van der Waals surface area contributed by atoms with E-state index in [4.69, 9.17) is 28.0 Å². The molecule has 0 radical (unpaired) electrons. The van der Waals surface area contributed by atoms with Gasteiger partial charge in [-0.05, 0) is 68.7 Å². The van der Waals surface area contributed by atoms with Crippen LogP contribution in [0.5, 0.6) is 11.5 Å². The number of benzene rings is 3. The summed E-state index contributed by atoms with van der Waals surface area (Å²) < 4.78 is 58.9. The lowest BCUT2D eigenvalue weighted by Gasteiger charge is -2.39. The molecule has 3 heterocycles. The first-order valence-electron chi connectivity index (χ1n) is 19.6. The smallest absolute Gasteiger partial charge is 0.280 e. The summed E-state index contributed by atoms with van der Waals surface area (Å²) in [6.45, 7) is 7.91. The molecule has 0 aliphatic carbocycles. The number of hydrogen-bond donors (Lipinski definition) is 1. The number of nitriles is 1. The molecule has 2 aromatic heterocycles. The molecule has 1 fully saturated rings. The minimum atomic E-state index is -1.93. The molecule has 17 heteroatoms. The van der Waals surface area contributed by atoms with Gasteiger partial charge in [-0.15, -0.1) is 0 Å². The standard InChI is InChI=1S/C43H52FN8O7P/c1-28(2)52(29(3)4)60(57-24-12-23-45)59-38-35(58-41(36(38)44)51-27-46-37-39(51)48-42(49-40(37)53)47-26-50(5)6)25-56-43(30-13-10-9-11-14-30,31-15-19-33(54-7)20-16-31)32-17-21-34(55-8)22-18-32/h9-11,13-22,26-29,35-36,38,41H,12,24-25H2,1-8H3,(H,48,49,53)/b47-26+/t35-,36+,38+,41-,60?/m1/s1. The molecule has 1 saturated heterocycles. The highest BCUT2D eigenvalue weighted by Crippen LogP contribution is 2.51. The molecule has 0 bridgehead atoms. The van der Waals surface area contributed by atoms with E-state index in [-0.39, 0.29) is 48.8 Å². The summed E-state index contributed by atoms with van der Waals surface area (Å²) in [4.78, 5) is 30.6. The highest BCUT2D eigenvalue weighted by Gasteiger charge is 2.51. The van der Waals surface area contributed by atoms with E-state index in [2.05, 4.69) is 26.0 Å². The fourth-order valence-electron chi connectivity index (χ4n) is 7.19. The van der Waals surface area contributed by atoms with Crippen LogP contribution in [0.3, 0.4) is 0 Å². The van der Waals surface area contributed by atoms with E-state index in [1.165, 1.54) is 17.2 Å². The number of nitrogens with one attached hydrogen (secondary N) is 1. The Morgan fingerprint density at radius 3 is 2.13 bits per heavy atom. The summed E-state index contributed by atoms with van der Waals surface area (Å²) in [5.74, 6) is 1.33. The molecular weight excluding hydrogens is 790 g/mol. The van der Waals surface area contributed by atoms with Crippen LogP contribution in [0, 0.1) is 11.3 Å². The number of methoxy groups -OCH3 is 2. The van der Waals surface area contributed by atoms with Crippen LogP contribution in [-0.4, -0.2) is 107 Å². The second kappa shape index (κ2) is 19.9. The summed E-state index contributed by atoms with van der Waals surface area (Å²) in [6.07, 6.45) is -2.59. The first kappa shape index (κ1) is 44.3. The van der Waals surface area contributed by atoms with Crippen LogP contribution in [0.25, 0.3) is 11.2 Å². The summed E-state index contributed by atoms with van der Waals surface area (Å²) in [7, 11) is 4.83. The van der Waals surface area contributed by atoms with Crippen LogP contribution in [0.4, 0.5) is 10.3 Å². The maximum Gasteiger partial charge on any atom is 0.280 e. The molecule has 0 amide bonds. The van der Waals surface area contributed by atoms with Gasteiger partial charge in [-0.1, -0.05) is 54.6 Å². The van der Waals surface area contributed by atoms with Crippen LogP contribution in [-0.2, 0) is 24.1 Å². The van der Waals surface area contributed by atoms with Crippen molar-refractivity contribution in [2.45, 2.75) is 76.4 Å².